The molecule has 1 saturated carbocycles. The first-order valence-electron chi connectivity index (χ1n) is 13.6. The summed E-state index contributed by atoms with van der Waals surface area (Å²) in [6, 6.07) is 25.0. The van der Waals surface area contributed by atoms with Crippen molar-refractivity contribution >= 4 is 35.0 Å². The quantitative estimate of drug-likeness (QED) is 0.280. The van der Waals surface area contributed by atoms with Crippen LogP contribution in [0, 0.1) is 0 Å². The van der Waals surface area contributed by atoms with Crippen molar-refractivity contribution in [3.8, 4) is 0 Å². The summed E-state index contributed by atoms with van der Waals surface area (Å²) in [6.45, 7) is 2.12. The molecule has 0 heterocycles. The van der Waals surface area contributed by atoms with Crippen LogP contribution in [0.25, 0.3) is 0 Å². The van der Waals surface area contributed by atoms with Gasteiger partial charge in [0, 0.05) is 40.5 Å². The molecule has 3 aromatic rings. The van der Waals surface area contributed by atoms with Gasteiger partial charge in [-0.15, -0.1) is 0 Å². The number of nitrogens with one attached hydrogen (secondary N) is 1. The van der Waals surface area contributed by atoms with Crippen molar-refractivity contribution in [2.24, 2.45) is 0 Å². The molecule has 200 valence electrons. The highest BCUT2D eigenvalue weighted by Crippen LogP contribution is 2.32. The highest BCUT2D eigenvalue weighted by molar-refractivity contribution is 6.36. The fraction of sp³-hybridized carbons (Fsp3) is 0.375. The fourth-order valence-corrected chi connectivity index (χ4v) is 5.93. The number of carbonyl (C=O) groups excluding carboxylic acids is 2. The van der Waals surface area contributed by atoms with Gasteiger partial charge in [0.05, 0.1) is 0 Å². The highest BCUT2D eigenvalue weighted by atomic mass is 35.5. The van der Waals surface area contributed by atoms with E-state index in [0.717, 1.165) is 36.8 Å². The summed E-state index contributed by atoms with van der Waals surface area (Å²) >= 11 is 13.1. The predicted octanol–water partition coefficient (Wildman–Crippen LogP) is 7.77. The maximum Gasteiger partial charge on any atom is 0.243 e. The molecule has 1 unspecified atom stereocenters. The Morgan fingerprint density at radius 3 is 1.92 bits per heavy atom. The largest absolute Gasteiger partial charge is 0.352 e. The lowest BCUT2D eigenvalue weighted by Crippen LogP contribution is -2.51. The molecule has 0 bridgehead atoms. The summed E-state index contributed by atoms with van der Waals surface area (Å²) in [5, 5.41) is 4.21. The fourth-order valence-electron chi connectivity index (χ4n) is 5.41. The van der Waals surface area contributed by atoms with Crippen LogP contribution in [0.15, 0.2) is 78.9 Å². The van der Waals surface area contributed by atoms with Crippen LogP contribution in [0.1, 0.15) is 74.5 Å². The molecule has 1 N–H and O–H groups in total. The third kappa shape index (κ3) is 7.18. The molecule has 0 aromatic heterocycles. The summed E-state index contributed by atoms with van der Waals surface area (Å²) in [5.41, 5.74) is 2.77. The number of halogens is 2. The molecule has 1 atom stereocenters. The van der Waals surface area contributed by atoms with Gasteiger partial charge in [0.1, 0.15) is 6.04 Å². The molecule has 0 radical (unpaired) electrons. The van der Waals surface area contributed by atoms with E-state index in [1.165, 1.54) is 6.42 Å². The predicted molar refractivity (Wildman–Crippen MR) is 155 cm³/mol. The topological polar surface area (TPSA) is 49.4 Å². The third-order valence-corrected chi connectivity index (χ3v) is 8.22. The second-order valence-electron chi connectivity index (χ2n) is 10.1. The van der Waals surface area contributed by atoms with Gasteiger partial charge in [-0.1, -0.05) is 116 Å². The molecule has 4 nitrogen and oxygen atoms in total. The van der Waals surface area contributed by atoms with Crippen LogP contribution in [0.4, 0.5) is 0 Å². The molecule has 4 rings (SSSR count). The number of amides is 2. The number of hydrogen-bond donors (Lipinski definition) is 1. The zero-order chi connectivity index (χ0) is 26.9. The van der Waals surface area contributed by atoms with Crippen molar-refractivity contribution < 1.29 is 9.59 Å². The number of hydrogen-bond acceptors (Lipinski definition) is 2. The lowest BCUT2D eigenvalue weighted by Gasteiger charge is -2.34. The van der Waals surface area contributed by atoms with Gasteiger partial charge in [0.2, 0.25) is 11.8 Å². The minimum atomic E-state index is -0.621. The van der Waals surface area contributed by atoms with Crippen molar-refractivity contribution in [1.29, 1.82) is 0 Å². The Kier molecular flexibility index (Phi) is 10.3. The van der Waals surface area contributed by atoms with Gasteiger partial charge in [0.15, 0.2) is 0 Å². The SMILES string of the molecule is CCC(C(=O)NC1CCCCC1)N(Cc1c(Cl)cccc1Cl)C(=O)CC(c1ccccc1)c1ccccc1. The first kappa shape index (κ1) is 28.2. The van der Waals surface area contributed by atoms with Crippen LogP contribution in [-0.2, 0) is 16.1 Å². The Morgan fingerprint density at radius 1 is 0.842 bits per heavy atom. The smallest absolute Gasteiger partial charge is 0.243 e. The Bertz CT molecular complexity index is 1140. The Balaban J connectivity index is 1.66. The van der Waals surface area contributed by atoms with Gasteiger partial charge in [0.25, 0.3) is 0 Å². The number of carbonyl (C=O) groups is 2. The first-order chi connectivity index (χ1) is 18.5. The summed E-state index contributed by atoms with van der Waals surface area (Å²) < 4.78 is 0. The van der Waals surface area contributed by atoms with E-state index in [2.05, 4.69) is 5.32 Å². The van der Waals surface area contributed by atoms with Crippen molar-refractivity contribution in [3.05, 3.63) is 106 Å². The van der Waals surface area contributed by atoms with Crippen molar-refractivity contribution in [2.45, 2.75) is 76.4 Å². The zero-order valence-corrected chi connectivity index (χ0v) is 23.4. The average Bonchev–Trinajstić information content (AvgIpc) is 2.94. The normalized spacial score (nSPS) is 14.7. The van der Waals surface area contributed by atoms with Crippen molar-refractivity contribution in [1.82, 2.24) is 10.2 Å². The van der Waals surface area contributed by atoms with Gasteiger partial charge in [-0.05, 0) is 42.5 Å². The van der Waals surface area contributed by atoms with E-state index >= 15 is 0 Å². The molecule has 6 heteroatoms. The van der Waals surface area contributed by atoms with E-state index in [1.54, 1.807) is 23.1 Å². The van der Waals surface area contributed by atoms with E-state index in [9.17, 15) is 9.59 Å². The second kappa shape index (κ2) is 13.8. The van der Waals surface area contributed by atoms with Crippen molar-refractivity contribution in [3.63, 3.8) is 0 Å². The molecular weight excluding hydrogens is 515 g/mol. The summed E-state index contributed by atoms with van der Waals surface area (Å²) in [4.78, 5) is 29.5. The molecule has 38 heavy (non-hydrogen) atoms. The number of nitrogens with zero attached hydrogens (tertiary/aromatic N) is 1. The maximum absolute atomic E-state index is 14.2. The molecule has 1 aliphatic rings. The van der Waals surface area contributed by atoms with Crippen LogP contribution < -0.4 is 5.32 Å². The molecule has 0 aliphatic heterocycles. The minimum absolute atomic E-state index is 0.105. The standard InChI is InChI=1S/C32H36Cl2N2O2/c1-2-30(32(38)35-25-17-10-5-11-18-25)36(22-27-28(33)19-12-20-29(27)34)31(37)21-26(23-13-6-3-7-14-23)24-15-8-4-9-16-24/h3-4,6-9,12-16,19-20,25-26,30H,2,5,10-11,17-18,21-22H2,1H3,(H,35,38). The van der Waals surface area contributed by atoms with Gasteiger partial charge < -0.3 is 10.2 Å². The molecule has 0 saturated heterocycles. The van der Waals surface area contributed by atoms with Crippen LogP contribution >= 0.6 is 23.2 Å². The van der Waals surface area contributed by atoms with E-state index in [1.807, 2.05) is 67.6 Å². The van der Waals surface area contributed by atoms with E-state index < -0.39 is 6.04 Å². The summed E-state index contributed by atoms with van der Waals surface area (Å²) in [7, 11) is 0. The monoisotopic (exact) mass is 550 g/mol. The summed E-state index contributed by atoms with van der Waals surface area (Å²) in [6.07, 6.45) is 6.13. The van der Waals surface area contributed by atoms with Gasteiger partial charge in [-0.3, -0.25) is 9.59 Å². The van der Waals surface area contributed by atoms with E-state index in [-0.39, 0.29) is 36.7 Å². The Labute approximate surface area is 236 Å². The lowest BCUT2D eigenvalue weighted by molar-refractivity contribution is -0.142. The molecule has 2 amide bonds. The van der Waals surface area contributed by atoms with Crippen LogP contribution in [0.2, 0.25) is 10.0 Å². The minimum Gasteiger partial charge on any atom is -0.352 e. The Hall–Kier alpha value is -2.82. The van der Waals surface area contributed by atoms with Crippen LogP contribution in [0.3, 0.4) is 0 Å². The molecule has 3 aromatic carbocycles. The van der Waals surface area contributed by atoms with Crippen LogP contribution in [-0.4, -0.2) is 28.8 Å². The zero-order valence-electron chi connectivity index (χ0n) is 21.9. The second-order valence-corrected chi connectivity index (χ2v) is 10.9. The number of benzene rings is 3. The first-order valence-corrected chi connectivity index (χ1v) is 14.4. The highest BCUT2D eigenvalue weighted by Gasteiger charge is 2.32. The van der Waals surface area contributed by atoms with Gasteiger partial charge in [-0.2, -0.15) is 0 Å². The van der Waals surface area contributed by atoms with Crippen molar-refractivity contribution in [2.75, 3.05) is 0 Å². The lowest BCUT2D eigenvalue weighted by atomic mass is 9.88. The molecule has 1 aliphatic carbocycles. The Morgan fingerprint density at radius 2 is 1.39 bits per heavy atom. The van der Waals surface area contributed by atoms with Crippen LogP contribution in [0.5, 0.6) is 0 Å². The molecule has 0 spiro atoms. The van der Waals surface area contributed by atoms with E-state index in [0.29, 0.717) is 22.0 Å². The third-order valence-electron chi connectivity index (χ3n) is 7.51. The molecule has 1 fully saturated rings. The van der Waals surface area contributed by atoms with Gasteiger partial charge in [-0.25, -0.2) is 0 Å². The maximum atomic E-state index is 14.2. The van der Waals surface area contributed by atoms with Gasteiger partial charge >= 0.3 is 0 Å². The molecular formula is C32H36Cl2N2O2. The summed E-state index contributed by atoms with van der Waals surface area (Å²) in [5.74, 6) is -0.357. The number of rotatable bonds is 10. The van der Waals surface area contributed by atoms with E-state index in [4.69, 9.17) is 23.2 Å². The average molecular weight is 552 g/mol.